The van der Waals surface area contributed by atoms with E-state index in [4.69, 9.17) is 14.2 Å². The van der Waals surface area contributed by atoms with E-state index in [1.807, 2.05) is 18.2 Å². The Balaban J connectivity index is 1.60. The number of fused-ring (bicyclic) bond motifs is 3. The molecule has 0 saturated heterocycles. The van der Waals surface area contributed by atoms with Crippen LogP contribution in [0, 0.1) is 13.8 Å². The topological polar surface area (TPSA) is 85.5 Å². The summed E-state index contributed by atoms with van der Waals surface area (Å²) in [6.07, 6.45) is 1.41. The van der Waals surface area contributed by atoms with E-state index in [0.717, 1.165) is 34.5 Å². The van der Waals surface area contributed by atoms with Gasteiger partial charge in [-0.15, -0.1) is 0 Å². The number of benzene rings is 1. The SMILES string of the molecule is Cc1noc(C)c1S(=O)(=O)N1CCc2nc(-c3ccccc3)c3c(c2C1)CO[C@@H](C)C3. The first kappa shape index (κ1) is 20.4. The Kier molecular flexibility index (Phi) is 4.96. The Morgan fingerprint density at radius 2 is 1.87 bits per heavy atom. The lowest BCUT2D eigenvalue weighted by molar-refractivity contribution is 0.0400. The highest BCUT2D eigenvalue weighted by Gasteiger charge is 2.36. The standard InChI is InChI=1S/C23H25N3O4S/c1-14-11-18-20(13-29-14)19-12-26(31(27,28)23-15(2)25-30-16(23)3)10-9-21(19)24-22(18)17-7-5-4-6-8-17/h4-8,14H,9-13H2,1-3H3/t14-/m0/s1. The molecule has 3 aromatic rings. The van der Waals surface area contributed by atoms with Gasteiger partial charge >= 0.3 is 0 Å². The van der Waals surface area contributed by atoms with Crippen LogP contribution < -0.4 is 0 Å². The van der Waals surface area contributed by atoms with Crippen LogP contribution >= 0.6 is 0 Å². The van der Waals surface area contributed by atoms with Gasteiger partial charge in [0.2, 0.25) is 10.0 Å². The number of hydrogen-bond acceptors (Lipinski definition) is 6. The molecule has 0 spiro atoms. The lowest BCUT2D eigenvalue weighted by atomic mass is 9.89. The first-order valence-corrected chi connectivity index (χ1v) is 11.9. The summed E-state index contributed by atoms with van der Waals surface area (Å²) in [7, 11) is -3.71. The van der Waals surface area contributed by atoms with Crippen LogP contribution in [0.5, 0.6) is 0 Å². The van der Waals surface area contributed by atoms with Gasteiger partial charge in [-0.05, 0) is 37.5 Å². The van der Waals surface area contributed by atoms with Gasteiger partial charge in [0.25, 0.3) is 0 Å². The summed E-state index contributed by atoms with van der Waals surface area (Å²) in [5.74, 6) is 0.319. The van der Waals surface area contributed by atoms with Crippen molar-refractivity contribution in [1.29, 1.82) is 0 Å². The second-order valence-electron chi connectivity index (χ2n) is 8.28. The summed E-state index contributed by atoms with van der Waals surface area (Å²) in [5, 5.41) is 3.83. The monoisotopic (exact) mass is 439 g/mol. The van der Waals surface area contributed by atoms with Crippen molar-refractivity contribution in [3.8, 4) is 11.3 Å². The van der Waals surface area contributed by atoms with Crippen molar-refractivity contribution >= 4 is 10.0 Å². The lowest BCUT2D eigenvalue weighted by Gasteiger charge is -2.33. The number of hydrogen-bond donors (Lipinski definition) is 0. The van der Waals surface area contributed by atoms with Gasteiger partial charge in [0.15, 0.2) is 5.76 Å². The molecule has 162 valence electrons. The highest BCUT2D eigenvalue weighted by Crippen LogP contribution is 2.37. The van der Waals surface area contributed by atoms with Crippen molar-refractivity contribution in [2.45, 2.75) is 57.8 Å². The van der Waals surface area contributed by atoms with E-state index in [-0.39, 0.29) is 17.5 Å². The Morgan fingerprint density at radius 3 is 2.58 bits per heavy atom. The second-order valence-corrected chi connectivity index (χ2v) is 10.2. The normalized spacial score (nSPS) is 19.1. The fraction of sp³-hybridized carbons (Fsp3) is 0.391. The summed E-state index contributed by atoms with van der Waals surface area (Å²) in [4.78, 5) is 5.21. The van der Waals surface area contributed by atoms with Gasteiger partial charge in [-0.1, -0.05) is 35.5 Å². The highest BCUT2D eigenvalue weighted by molar-refractivity contribution is 7.89. The molecule has 0 radical (unpaired) electrons. The summed E-state index contributed by atoms with van der Waals surface area (Å²) in [6, 6.07) is 10.2. The third kappa shape index (κ3) is 3.39. The molecule has 0 amide bonds. The summed E-state index contributed by atoms with van der Waals surface area (Å²) >= 11 is 0. The molecular weight excluding hydrogens is 414 g/mol. The third-order valence-corrected chi connectivity index (χ3v) is 8.25. The number of ether oxygens (including phenoxy) is 1. The molecule has 2 aromatic heterocycles. The van der Waals surface area contributed by atoms with Crippen molar-refractivity contribution in [1.82, 2.24) is 14.4 Å². The zero-order chi connectivity index (χ0) is 21.8. The van der Waals surface area contributed by atoms with E-state index < -0.39 is 10.0 Å². The fourth-order valence-electron chi connectivity index (χ4n) is 4.63. The van der Waals surface area contributed by atoms with Crippen LogP contribution in [0.3, 0.4) is 0 Å². The van der Waals surface area contributed by atoms with E-state index in [9.17, 15) is 8.42 Å². The summed E-state index contributed by atoms with van der Waals surface area (Å²) in [5.41, 5.74) is 6.65. The zero-order valence-electron chi connectivity index (χ0n) is 17.9. The third-order valence-electron chi connectivity index (χ3n) is 6.16. The molecule has 31 heavy (non-hydrogen) atoms. The number of pyridine rings is 1. The molecule has 1 atom stereocenters. The fourth-order valence-corrected chi connectivity index (χ4v) is 6.33. The van der Waals surface area contributed by atoms with E-state index in [2.05, 4.69) is 24.2 Å². The highest BCUT2D eigenvalue weighted by atomic mass is 32.2. The molecule has 7 nitrogen and oxygen atoms in total. The van der Waals surface area contributed by atoms with Gasteiger partial charge in [0.05, 0.1) is 18.4 Å². The maximum absolute atomic E-state index is 13.4. The van der Waals surface area contributed by atoms with Gasteiger partial charge < -0.3 is 9.26 Å². The maximum Gasteiger partial charge on any atom is 0.248 e. The molecule has 0 fully saturated rings. The number of rotatable bonds is 3. The second kappa shape index (κ2) is 7.55. The maximum atomic E-state index is 13.4. The van der Waals surface area contributed by atoms with Gasteiger partial charge in [-0.3, -0.25) is 4.98 Å². The zero-order valence-corrected chi connectivity index (χ0v) is 18.7. The minimum Gasteiger partial charge on any atom is -0.373 e. The van der Waals surface area contributed by atoms with E-state index >= 15 is 0 Å². The van der Waals surface area contributed by atoms with E-state index in [1.165, 1.54) is 9.87 Å². The summed E-state index contributed by atoms with van der Waals surface area (Å²) in [6.45, 7) is 6.48. The number of sulfonamides is 1. The number of aromatic nitrogens is 2. The van der Waals surface area contributed by atoms with Crippen LogP contribution in [0.1, 0.15) is 40.8 Å². The minimum absolute atomic E-state index is 0.0977. The Morgan fingerprint density at radius 1 is 1.10 bits per heavy atom. The van der Waals surface area contributed by atoms with Crippen LogP contribution in [0.4, 0.5) is 0 Å². The first-order valence-electron chi connectivity index (χ1n) is 10.5. The van der Waals surface area contributed by atoms with Gasteiger partial charge in [0, 0.05) is 37.2 Å². The molecule has 0 saturated carbocycles. The molecule has 0 unspecified atom stereocenters. The van der Waals surface area contributed by atoms with Crippen LogP contribution in [-0.4, -0.2) is 35.5 Å². The molecule has 1 aromatic carbocycles. The van der Waals surface area contributed by atoms with Crippen molar-refractivity contribution in [2.24, 2.45) is 0 Å². The Bertz CT molecular complexity index is 1230. The lowest BCUT2D eigenvalue weighted by Crippen LogP contribution is -2.38. The summed E-state index contributed by atoms with van der Waals surface area (Å²) < 4.78 is 39.4. The Hall–Kier alpha value is -2.55. The van der Waals surface area contributed by atoms with Crippen molar-refractivity contribution < 1.29 is 17.7 Å². The van der Waals surface area contributed by atoms with Crippen LogP contribution in [0.15, 0.2) is 39.8 Å². The van der Waals surface area contributed by atoms with Crippen molar-refractivity contribution in [3.63, 3.8) is 0 Å². The van der Waals surface area contributed by atoms with E-state index in [1.54, 1.807) is 13.8 Å². The van der Waals surface area contributed by atoms with Crippen LogP contribution in [0.2, 0.25) is 0 Å². The first-order chi connectivity index (χ1) is 14.9. The number of aryl methyl sites for hydroxylation is 2. The molecule has 2 aliphatic heterocycles. The van der Waals surface area contributed by atoms with E-state index in [0.29, 0.717) is 31.0 Å². The molecule has 8 heteroatoms. The van der Waals surface area contributed by atoms with Crippen molar-refractivity contribution in [2.75, 3.05) is 6.54 Å². The van der Waals surface area contributed by atoms with Crippen LogP contribution in [0.25, 0.3) is 11.3 Å². The molecule has 2 aliphatic rings. The molecule has 4 heterocycles. The van der Waals surface area contributed by atoms with Gasteiger partial charge in [0.1, 0.15) is 10.6 Å². The predicted molar refractivity (Wildman–Crippen MR) is 115 cm³/mol. The van der Waals surface area contributed by atoms with Gasteiger partial charge in [-0.25, -0.2) is 8.42 Å². The van der Waals surface area contributed by atoms with Crippen LogP contribution in [-0.2, 0) is 40.8 Å². The molecule has 5 rings (SSSR count). The largest absolute Gasteiger partial charge is 0.373 e. The number of nitrogens with zero attached hydrogens (tertiary/aromatic N) is 3. The minimum atomic E-state index is -3.71. The molecule has 0 aliphatic carbocycles. The van der Waals surface area contributed by atoms with Crippen molar-refractivity contribution in [3.05, 3.63) is 64.2 Å². The molecule has 0 N–H and O–H groups in total. The average Bonchev–Trinajstić information content (AvgIpc) is 3.11. The molecule has 0 bridgehead atoms. The van der Waals surface area contributed by atoms with Gasteiger partial charge in [-0.2, -0.15) is 4.31 Å². The molecular formula is C23H25N3O4S. The Labute approximate surface area is 182 Å². The average molecular weight is 440 g/mol. The smallest absolute Gasteiger partial charge is 0.248 e. The predicted octanol–water partition coefficient (Wildman–Crippen LogP) is 3.56. The quantitative estimate of drug-likeness (QED) is 0.620.